The summed E-state index contributed by atoms with van der Waals surface area (Å²) in [4.78, 5) is 27.6. The van der Waals surface area contributed by atoms with Gasteiger partial charge in [-0.1, -0.05) is 24.3 Å². The van der Waals surface area contributed by atoms with E-state index in [1.807, 2.05) is 49.4 Å². The van der Waals surface area contributed by atoms with Crippen LogP contribution in [-0.2, 0) is 4.79 Å². The van der Waals surface area contributed by atoms with Gasteiger partial charge in [-0.15, -0.1) is 0 Å². The minimum atomic E-state index is -0.725. The van der Waals surface area contributed by atoms with Gasteiger partial charge in [0.05, 0.1) is 11.0 Å². The van der Waals surface area contributed by atoms with Crippen molar-refractivity contribution in [3.63, 3.8) is 0 Å². The number of ether oxygens (including phenoxy) is 1. The lowest BCUT2D eigenvalue weighted by Gasteiger charge is -2.27. The third-order valence-electron chi connectivity index (χ3n) is 6.35. The summed E-state index contributed by atoms with van der Waals surface area (Å²) in [5.74, 6) is 0.227. The molecule has 4 aromatic rings. The van der Waals surface area contributed by atoms with Crippen LogP contribution in [-0.4, -0.2) is 37.1 Å². The van der Waals surface area contributed by atoms with Gasteiger partial charge in [-0.25, -0.2) is 15.0 Å². The number of aromatic amines is 1. The lowest BCUT2D eigenvalue weighted by Crippen LogP contribution is -2.25. The standard InChI is InChI=1S/C26H27N5O3/c1-16-3-2-4-22-24(16)31-25(30-22)29-20-9-7-18(8-10-20)19-14-27-26(28-15-19)34-21-11-5-17(6-12-21)13-23(32)33/h2-4,7-10,14-15,17,21H,5-6,11-13H2,1H3,(H,32,33)(H2,29,30,31). The Morgan fingerprint density at radius 1 is 1.06 bits per heavy atom. The summed E-state index contributed by atoms with van der Waals surface area (Å²) in [5.41, 5.74) is 5.95. The minimum Gasteiger partial charge on any atom is -0.481 e. The first kappa shape index (κ1) is 21.9. The van der Waals surface area contributed by atoms with Gasteiger partial charge in [-0.3, -0.25) is 4.79 Å². The summed E-state index contributed by atoms with van der Waals surface area (Å²) in [6.45, 7) is 2.05. The second-order valence-electron chi connectivity index (χ2n) is 8.87. The van der Waals surface area contributed by atoms with Crippen molar-refractivity contribution in [3.05, 3.63) is 60.4 Å². The first-order valence-corrected chi connectivity index (χ1v) is 11.6. The van der Waals surface area contributed by atoms with Crippen LogP contribution in [0.1, 0.15) is 37.7 Å². The predicted molar refractivity (Wildman–Crippen MR) is 130 cm³/mol. The Bertz CT molecular complexity index is 1280. The molecule has 0 aliphatic heterocycles. The molecule has 1 saturated carbocycles. The van der Waals surface area contributed by atoms with Crippen molar-refractivity contribution in [3.8, 4) is 17.1 Å². The minimum absolute atomic E-state index is 0.0447. The van der Waals surface area contributed by atoms with E-state index in [1.165, 1.54) is 0 Å². The van der Waals surface area contributed by atoms with Crippen molar-refractivity contribution >= 4 is 28.6 Å². The zero-order valence-corrected chi connectivity index (χ0v) is 19.0. The molecule has 34 heavy (non-hydrogen) atoms. The molecule has 8 heteroatoms. The number of para-hydroxylation sites is 1. The molecule has 1 fully saturated rings. The van der Waals surface area contributed by atoms with E-state index in [0.29, 0.717) is 12.0 Å². The highest BCUT2D eigenvalue weighted by Crippen LogP contribution is 2.29. The van der Waals surface area contributed by atoms with Crippen LogP contribution in [0.4, 0.5) is 11.6 Å². The Labute approximate surface area is 197 Å². The number of H-pyrrole nitrogens is 1. The number of aryl methyl sites for hydroxylation is 1. The van der Waals surface area contributed by atoms with Gasteiger partial charge in [0.1, 0.15) is 6.10 Å². The Morgan fingerprint density at radius 2 is 1.79 bits per heavy atom. The molecule has 2 heterocycles. The molecule has 0 unspecified atom stereocenters. The van der Waals surface area contributed by atoms with Crippen LogP contribution in [0.15, 0.2) is 54.9 Å². The van der Waals surface area contributed by atoms with Gasteiger partial charge in [-0.2, -0.15) is 0 Å². The number of nitrogens with zero attached hydrogens (tertiary/aromatic N) is 3. The monoisotopic (exact) mass is 457 g/mol. The number of carbonyl (C=O) groups is 1. The fourth-order valence-corrected chi connectivity index (χ4v) is 4.49. The van der Waals surface area contributed by atoms with Crippen LogP contribution < -0.4 is 10.1 Å². The number of hydrogen-bond acceptors (Lipinski definition) is 6. The van der Waals surface area contributed by atoms with E-state index in [4.69, 9.17) is 9.84 Å². The molecule has 174 valence electrons. The Hall–Kier alpha value is -3.94. The molecule has 0 atom stereocenters. The summed E-state index contributed by atoms with van der Waals surface area (Å²) >= 11 is 0. The molecule has 8 nitrogen and oxygen atoms in total. The number of aliphatic carboxylic acids is 1. The van der Waals surface area contributed by atoms with E-state index >= 15 is 0 Å². The van der Waals surface area contributed by atoms with Gasteiger partial charge in [0, 0.05) is 30.1 Å². The zero-order chi connectivity index (χ0) is 23.5. The van der Waals surface area contributed by atoms with E-state index in [-0.39, 0.29) is 18.4 Å². The molecule has 1 aliphatic carbocycles. The van der Waals surface area contributed by atoms with E-state index in [2.05, 4.69) is 25.3 Å². The highest BCUT2D eigenvalue weighted by molar-refractivity contribution is 5.81. The molecule has 0 bridgehead atoms. The van der Waals surface area contributed by atoms with Crippen molar-refractivity contribution in [1.29, 1.82) is 0 Å². The Balaban J connectivity index is 1.18. The molecule has 2 aromatic carbocycles. The van der Waals surface area contributed by atoms with Crippen LogP contribution >= 0.6 is 0 Å². The van der Waals surface area contributed by atoms with Crippen molar-refractivity contribution in [2.45, 2.75) is 45.1 Å². The summed E-state index contributed by atoms with van der Waals surface area (Å²) in [7, 11) is 0. The summed E-state index contributed by atoms with van der Waals surface area (Å²) in [6.07, 6.45) is 7.22. The van der Waals surface area contributed by atoms with Crippen LogP contribution in [0.5, 0.6) is 6.01 Å². The van der Waals surface area contributed by atoms with E-state index in [1.54, 1.807) is 12.4 Å². The van der Waals surface area contributed by atoms with E-state index in [0.717, 1.165) is 59.1 Å². The molecule has 0 saturated heterocycles. The highest BCUT2D eigenvalue weighted by atomic mass is 16.5. The van der Waals surface area contributed by atoms with Gasteiger partial charge in [-0.05, 0) is 67.9 Å². The number of rotatable bonds is 7. The fraction of sp³-hybridized carbons (Fsp3) is 0.308. The van der Waals surface area contributed by atoms with Crippen LogP contribution in [0.3, 0.4) is 0 Å². The normalized spacial score (nSPS) is 18.0. The van der Waals surface area contributed by atoms with Gasteiger partial charge in [0.25, 0.3) is 0 Å². The number of benzene rings is 2. The highest BCUT2D eigenvalue weighted by Gasteiger charge is 2.24. The number of fused-ring (bicyclic) bond motifs is 1. The molecular weight excluding hydrogens is 430 g/mol. The number of hydrogen-bond donors (Lipinski definition) is 3. The third kappa shape index (κ3) is 5.01. The predicted octanol–water partition coefficient (Wildman–Crippen LogP) is 5.48. The van der Waals surface area contributed by atoms with Crippen molar-refractivity contribution in [1.82, 2.24) is 19.9 Å². The van der Waals surface area contributed by atoms with Crippen LogP contribution in [0.25, 0.3) is 22.2 Å². The largest absolute Gasteiger partial charge is 0.481 e. The average molecular weight is 458 g/mol. The topological polar surface area (TPSA) is 113 Å². The first-order chi connectivity index (χ1) is 16.5. The second-order valence-corrected chi connectivity index (χ2v) is 8.87. The SMILES string of the molecule is Cc1cccc2[nH]c(Nc3ccc(-c4cnc(OC5CCC(CC(=O)O)CC5)nc4)cc3)nc12. The molecule has 0 amide bonds. The number of anilines is 2. The van der Waals surface area contributed by atoms with E-state index < -0.39 is 5.97 Å². The number of imidazole rings is 1. The van der Waals surface area contributed by atoms with Crippen molar-refractivity contribution in [2.24, 2.45) is 5.92 Å². The number of carboxylic acids is 1. The quantitative estimate of drug-likeness (QED) is 0.336. The molecule has 1 aliphatic rings. The lowest BCUT2D eigenvalue weighted by atomic mass is 9.85. The maximum Gasteiger partial charge on any atom is 0.316 e. The van der Waals surface area contributed by atoms with Crippen LogP contribution in [0.2, 0.25) is 0 Å². The number of nitrogens with one attached hydrogen (secondary N) is 2. The van der Waals surface area contributed by atoms with Crippen LogP contribution in [0, 0.1) is 12.8 Å². The third-order valence-corrected chi connectivity index (χ3v) is 6.35. The maximum absolute atomic E-state index is 10.9. The van der Waals surface area contributed by atoms with Crippen molar-refractivity contribution in [2.75, 3.05) is 5.32 Å². The van der Waals surface area contributed by atoms with Gasteiger partial charge >= 0.3 is 12.0 Å². The lowest BCUT2D eigenvalue weighted by molar-refractivity contribution is -0.138. The molecule has 2 aromatic heterocycles. The summed E-state index contributed by atoms with van der Waals surface area (Å²) in [5, 5.41) is 12.3. The van der Waals surface area contributed by atoms with Crippen molar-refractivity contribution < 1.29 is 14.6 Å². The molecule has 3 N–H and O–H groups in total. The van der Waals surface area contributed by atoms with Gasteiger partial charge in [0.2, 0.25) is 5.95 Å². The Morgan fingerprint density at radius 3 is 2.47 bits per heavy atom. The number of carboxylic acid groups (broad SMARTS) is 1. The molecular formula is C26H27N5O3. The average Bonchev–Trinajstić information content (AvgIpc) is 3.25. The Kier molecular flexibility index (Phi) is 6.12. The fourth-order valence-electron chi connectivity index (χ4n) is 4.49. The number of aromatic nitrogens is 4. The zero-order valence-electron chi connectivity index (χ0n) is 19.0. The molecule has 5 rings (SSSR count). The maximum atomic E-state index is 10.9. The molecule has 0 radical (unpaired) electrons. The summed E-state index contributed by atoms with van der Waals surface area (Å²) in [6, 6.07) is 14.5. The van der Waals surface area contributed by atoms with Gasteiger partial charge in [0.15, 0.2) is 0 Å². The van der Waals surface area contributed by atoms with E-state index in [9.17, 15) is 4.79 Å². The smallest absolute Gasteiger partial charge is 0.316 e. The van der Waals surface area contributed by atoms with Gasteiger partial charge < -0.3 is 20.1 Å². The molecule has 0 spiro atoms. The summed E-state index contributed by atoms with van der Waals surface area (Å²) < 4.78 is 5.93. The second kappa shape index (κ2) is 9.51. The first-order valence-electron chi connectivity index (χ1n) is 11.6.